The lowest BCUT2D eigenvalue weighted by Gasteiger charge is -2.06. The Balaban J connectivity index is 2.66. The maximum atomic E-state index is 10.6. The summed E-state index contributed by atoms with van der Waals surface area (Å²) in [5.74, 6) is 0.646. The number of aldehydes is 1. The van der Waals surface area contributed by atoms with Crippen molar-refractivity contribution in [2.75, 3.05) is 13.9 Å². The largest absolute Gasteiger partial charge is 0.504 e. The number of hydrogen-bond donors (Lipinski definition) is 1. The number of rotatable bonds is 2. The van der Waals surface area contributed by atoms with E-state index in [1.54, 1.807) is 0 Å². The van der Waals surface area contributed by atoms with Crippen molar-refractivity contribution < 1.29 is 24.1 Å². The first-order valence-electron chi connectivity index (χ1n) is 3.92. The lowest BCUT2D eigenvalue weighted by Crippen LogP contribution is -1.93. The van der Waals surface area contributed by atoms with E-state index in [1.165, 1.54) is 13.2 Å². The van der Waals surface area contributed by atoms with E-state index in [-0.39, 0.29) is 23.9 Å². The van der Waals surface area contributed by atoms with Crippen LogP contribution in [0.3, 0.4) is 0 Å². The number of phenols is 1. The number of hydrogen-bond acceptors (Lipinski definition) is 5. The van der Waals surface area contributed by atoms with Gasteiger partial charge in [-0.15, -0.1) is 0 Å². The minimum atomic E-state index is -0.215. The number of carbonyl (C=O) groups is 1. The SMILES string of the molecule is COc1cc(C=O)c(O)c2c1OCO2. The average Bonchev–Trinajstić information content (AvgIpc) is 2.68. The third kappa shape index (κ3) is 1.06. The number of methoxy groups -OCH3 is 1. The highest BCUT2D eigenvalue weighted by molar-refractivity contribution is 5.84. The van der Waals surface area contributed by atoms with E-state index in [4.69, 9.17) is 14.2 Å². The zero-order valence-corrected chi connectivity index (χ0v) is 7.44. The third-order valence-electron chi connectivity index (χ3n) is 1.96. The van der Waals surface area contributed by atoms with Crippen molar-refractivity contribution in [2.45, 2.75) is 0 Å². The van der Waals surface area contributed by atoms with Crippen LogP contribution in [0, 0.1) is 0 Å². The number of phenolic OH excluding ortho intramolecular Hbond substituents is 1. The lowest BCUT2D eigenvalue weighted by atomic mass is 10.2. The van der Waals surface area contributed by atoms with Crippen molar-refractivity contribution in [1.29, 1.82) is 0 Å². The molecule has 1 aromatic carbocycles. The van der Waals surface area contributed by atoms with Gasteiger partial charge in [-0.05, 0) is 6.07 Å². The van der Waals surface area contributed by atoms with Crippen LogP contribution >= 0.6 is 0 Å². The molecule has 0 aromatic heterocycles. The van der Waals surface area contributed by atoms with Crippen LogP contribution in [0.25, 0.3) is 0 Å². The number of carbonyl (C=O) groups excluding carboxylic acids is 1. The summed E-state index contributed by atoms with van der Waals surface area (Å²) in [6.07, 6.45) is 0.528. The summed E-state index contributed by atoms with van der Waals surface area (Å²) in [6, 6.07) is 1.40. The van der Waals surface area contributed by atoms with E-state index >= 15 is 0 Å². The van der Waals surface area contributed by atoms with E-state index in [0.717, 1.165) is 0 Å². The van der Waals surface area contributed by atoms with Crippen LogP contribution in [0.2, 0.25) is 0 Å². The Kier molecular flexibility index (Phi) is 1.92. The molecular weight excluding hydrogens is 188 g/mol. The first kappa shape index (κ1) is 8.68. The molecule has 0 atom stereocenters. The zero-order chi connectivity index (χ0) is 10.1. The number of fused-ring (bicyclic) bond motifs is 1. The van der Waals surface area contributed by atoms with Crippen molar-refractivity contribution in [2.24, 2.45) is 0 Å². The van der Waals surface area contributed by atoms with Gasteiger partial charge in [0.1, 0.15) is 0 Å². The molecule has 0 fully saturated rings. The molecule has 0 amide bonds. The van der Waals surface area contributed by atoms with Crippen LogP contribution in [0.1, 0.15) is 10.4 Å². The molecule has 5 nitrogen and oxygen atoms in total. The number of ether oxygens (including phenoxy) is 3. The van der Waals surface area contributed by atoms with Gasteiger partial charge < -0.3 is 19.3 Å². The molecule has 0 saturated carbocycles. The van der Waals surface area contributed by atoms with Crippen LogP contribution in [0.4, 0.5) is 0 Å². The minimum absolute atomic E-state index is 0.0154. The van der Waals surface area contributed by atoms with Crippen LogP contribution < -0.4 is 14.2 Å². The van der Waals surface area contributed by atoms with Gasteiger partial charge in [0.15, 0.2) is 17.8 Å². The molecule has 1 aliphatic heterocycles. The van der Waals surface area contributed by atoms with Crippen LogP contribution in [-0.4, -0.2) is 25.3 Å². The van der Waals surface area contributed by atoms with Crippen LogP contribution in [-0.2, 0) is 0 Å². The fraction of sp³-hybridized carbons (Fsp3) is 0.222. The van der Waals surface area contributed by atoms with E-state index in [9.17, 15) is 9.90 Å². The first-order chi connectivity index (χ1) is 6.77. The topological polar surface area (TPSA) is 65.0 Å². The van der Waals surface area contributed by atoms with Crippen molar-refractivity contribution in [1.82, 2.24) is 0 Å². The normalized spacial score (nSPS) is 12.6. The predicted molar refractivity (Wildman–Crippen MR) is 46.2 cm³/mol. The number of aromatic hydroxyl groups is 1. The molecule has 74 valence electrons. The van der Waals surface area contributed by atoms with Gasteiger partial charge in [-0.2, -0.15) is 0 Å². The van der Waals surface area contributed by atoms with Gasteiger partial charge in [-0.25, -0.2) is 0 Å². The monoisotopic (exact) mass is 196 g/mol. The second kappa shape index (κ2) is 3.10. The van der Waals surface area contributed by atoms with E-state index in [2.05, 4.69) is 0 Å². The molecule has 0 bridgehead atoms. The second-order valence-corrected chi connectivity index (χ2v) is 2.70. The standard InChI is InChI=1S/C9H8O5/c1-12-6-2-5(3-10)7(11)9-8(6)13-4-14-9/h2-3,11H,4H2,1H3. The van der Waals surface area contributed by atoms with Gasteiger partial charge in [0.25, 0.3) is 0 Å². The maximum absolute atomic E-state index is 10.6. The summed E-state index contributed by atoms with van der Waals surface area (Å²) >= 11 is 0. The molecule has 1 N–H and O–H groups in total. The van der Waals surface area contributed by atoms with Gasteiger partial charge in [-0.1, -0.05) is 0 Å². The Morgan fingerprint density at radius 1 is 1.50 bits per heavy atom. The number of benzene rings is 1. The molecule has 0 unspecified atom stereocenters. The summed E-state index contributed by atoms with van der Waals surface area (Å²) in [4.78, 5) is 10.6. The van der Waals surface area contributed by atoms with Gasteiger partial charge >= 0.3 is 0 Å². The second-order valence-electron chi connectivity index (χ2n) is 2.70. The highest BCUT2D eigenvalue weighted by atomic mass is 16.7. The van der Waals surface area contributed by atoms with Crippen molar-refractivity contribution in [3.8, 4) is 23.0 Å². The molecule has 1 aromatic rings. The molecule has 5 heteroatoms. The fourth-order valence-electron chi connectivity index (χ4n) is 1.29. The van der Waals surface area contributed by atoms with Gasteiger partial charge in [0.2, 0.25) is 18.3 Å². The summed E-state index contributed by atoms with van der Waals surface area (Å²) in [5.41, 5.74) is 0.117. The van der Waals surface area contributed by atoms with E-state index in [0.29, 0.717) is 17.8 Å². The molecule has 0 radical (unpaired) electrons. The Hall–Kier alpha value is -1.91. The minimum Gasteiger partial charge on any atom is -0.504 e. The summed E-state index contributed by atoms with van der Waals surface area (Å²) in [7, 11) is 1.45. The Morgan fingerprint density at radius 3 is 2.86 bits per heavy atom. The smallest absolute Gasteiger partial charge is 0.231 e. The van der Waals surface area contributed by atoms with Crippen molar-refractivity contribution in [3.05, 3.63) is 11.6 Å². The molecule has 14 heavy (non-hydrogen) atoms. The maximum Gasteiger partial charge on any atom is 0.231 e. The molecular formula is C9H8O5. The van der Waals surface area contributed by atoms with Crippen molar-refractivity contribution in [3.63, 3.8) is 0 Å². The Bertz CT molecular complexity index is 385. The zero-order valence-electron chi connectivity index (χ0n) is 7.44. The molecule has 0 aliphatic carbocycles. The highest BCUT2D eigenvalue weighted by Crippen LogP contribution is 2.48. The summed E-state index contributed by atoms with van der Waals surface area (Å²) in [6.45, 7) is 0.0154. The van der Waals surface area contributed by atoms with Gasteiger partial charge in [0.05, 0.1) is 12.7 Å². The molecule has 0 saturated heterocycles. The molecule has 2 rings (SSSR count). The van der Waals surface area contributed by atoms with E-state index in [1.807, 2.05) is 0 Å². The predicted octanol–water partition coefficient (Wildman–Crippen LogP) is 0.942. The van der Waals surface area contributed by atoms with Gasteiger partial charge in [-0.3, -0.25) is 4.79 Å². The van der Waals surface area contributed by atoms with Gasteiger partial charge in [0, 0.05) is 0 Å². The Morgan fingerprint density at radius 2 is 2.21 bits per heavy atom. The lowest BCUT2D eigenvalue weighted by molar-refractivity contribution is 0.111. The van der Waals surface area contributed by atoms with Crippen LogP contribution in [0.5, 0.6) is 23.0 Å². The van der Waals surface area contributed by atoms with Crippen LogP contribution in [0.15, 0.2) is 6.07 Å². The Labute approximate surface area is 79.8 Å². The first-order valence-corrected chi connectivity index (χ1v) is 3.92. The summed E-state index contributed by atoms with van der Waals surface area (Å²) < 4.78 is 15.1. The fourth-order valence-corrected chi connectivity index (χ4v) is 1.29. The van der Waals surface area contributed by atoms with E-state index < -0.39 is 0 Å². The third-order valence-corrected chi connectivity index (χ3v) is 1.96. The quantitative estimate of drug-likeness (QED) is 0.713. The van der Waals surface area contributed by atoms with Crippen molar-refractivity contribution >= 4 is 6.29 Å². The molecule has 1 heterocycles. The summed E-state index contributed by atoms with van der Waals surface area (Å²) in [5, 5.41) is 9.54. The highest BCUT2D eigenvalue weighted by Gasteiger charge is 2.25. The average molecular weight is 196 g/mol. The molecule has 0 spiro atoms. The molecule has 1 aliphatic rings.